The number of anilines is 1. The molecule has 1 atom stereocenters. The van der Waals surface area contributed by atoms with Crippen molar-refractivity contribution in [2.24, 2.45) is 5.92 Å². The van der Waals surface area contributed by atoms with Gasteiger partial charge in [-0.15, -0.1) is 11.3 Å². The summed E-state index contributed by atoms with van der Waals surface area (Å²) in [5.41, 5.74) is 1.26. The van der Waals surface area contributed by atoms with E-state index in [1.54, 1.807) is 7.11 Å². The third-order valence-electron chi connectivity index (χ3n) is 3.73. The molecule has 0 aliphatic carbocycles. The van der Waals surface area contributed by atoms with Gasteiger partial charge in [0.05, 0.1) is 12.3 Å². The number of aromatic nitrogens is 1. The Morgan fingerprint density at radius 1 is 1.50 bits per heavy atom. The number of hydrogen-bond donors (Lipinski definition) is 1. The Kier molecular flexibility index (Phi) is 5.81. The summed E-state index contributed by atoms with van der Waals surface area (Å²) >= 11 is 1.86. The zero-order chi connectivity index (χ0) is 14.5. The van der Waals surface area contributed by atoms with Crippen molar-refractivity contribution in [3.8, 4) is 0 Å². The number of ether oxygens (including phenoxy) is 1. The van der Waals surface area contributed by atoms with E-state index in [1.165, 1.54) is 22.1 Å². The molecule has 0 spiro atoms. The fourth-order valence-electron chi connectivity index (χ4n) is 2.55. The Bertz CT molecular complexity index is 419. The van der Waals surface area contributed by atoms with Crippen LogP contribution >= 0.6 is 11.3 Å². The number of methoxy groups -OCH3 is 1. The summed E-state index contributed by atoms with van der Waals surface area (Å²) in [6.07, 6.45) is 1.29. The normalized spacial score (nSPS) is 19.2. The molecule has 2 heterocycles. The quantitative estimate of drug-likeness (QED) is 0.785. The van der Waals surface area contributed by atoms with Gasteiger partial charge in [0.1, 0.15) is 0 Å². The third kappa shape index (κ3) is 3.93. The first kappa shape index (κ1) is 15.7. The van der Waals surface area contributed by atoms with Crippen molar-refractivity contribution < 1.29 is 4.74 Å². The van der Waals surface area contributed by atoms with Crippen LogP contribution in [0.1, 0.15) is 43.7 Å². The first-order chi connectivity index (χ1) is 9.61. The molecule has 1 unspecified atom stereocenters. The second-order valence-corrected chi connectivity index (χ2v) is 7.03. The fraction of sp³-hybridized carbons (Fsp3) is 0.800. The highest BCUT2D eigenvalue weighted by Gasteiger charge is 2.23. The largest absolute Gasteiger partial charge is 0.383 e. The maximum absolute atomic E-state index is 5.07. The first-order valence-corrected chi connectivity index (χ1v) is 8.37. The van der Waals surface area contributed by atoms with Crippen molar-refractivity contribution in [3.05, 3.63) is 10.6 Å². The highest BCUT2D eigenvalue weighted by molar-refractivity contribution is 7.15. The molecule has 0 saturated carbocycles. The van der Waals surface area contributed by atoms with E-state index in [4.69, 9.17) is 9.72 Å². The van der Waals surface area contributed by atoms with Gasteiger partial charge in [0, 0.05) is 38.2 Å². The molecule has 1 aliphatic heterocycles. The summed E-state index contributed by atoms with van der Waals surface area (Å²) in [6, 6.07) is 0. The van der Waals surface area contributed by atoms with Gasteiger partial charge in [-0.3, -0.25) is 0 Å². The summed E-state index contributed by atoms with van der Waals surface area (Å²) in [5.74, 6) is 1.28. The van der Waals surface area contributed by atoms with Gasteiger partial charge in [0.15, 0.2) is 5.13 Å². The Balaban J connectivity index is 2.03. The monoisotopic (exact) mass is 297 g/mol. The molecule has 1 aliphatic rings. The fourth-order valence-corrected chi connectivity index (χ4v) is 3.77. The van der Waals surface area contributed by atoms with Crippen LogP contribution in [0.15, 0.2) is 0 Å². The lowest BCUT2D eigenvalue weighted by molar-refractivity contribution is 0.199. The average molecular weight is 297 g/mol. The number of rotatable bonds is 7. The van der Waals surface area contributed by atoms with Gasteiger partial charge in [-0.2, -0.15) is 0 Å². The highest BCUT2D eigenvalue weighted by Crippen LogP contribution is 2.33. The minimum absolute atomic E-state index is 0.485. The molecule has 4 nitrogen and oxygen atoms in total. The van der Waals surface area contributed by atoms with Gasteiger partial charge in [-0.05, 0) is 18.3 Å². The maximum Gasteiger partial charge on any atom is 0.185 e. The van der Waals surface area contributed by atoms with Crippen LogP contribution in [0.5, 0.6) is 0 Å². The predicted molar refractivity (Wildman–Crippen MR) is 85.8 cm³/mol. The van der Waals surface area contributed by atoms with E-state index in [1.807, 2.05) is 11.3 Å². The van der Waals surface area contributed by atoms with Crippen molar-refractivity contribution in [1.29, 1.82) is 0 Å². The van der Waals surface area contributed by atoms with Gasteiger partial charge < -0.3 is 15.0 Å². The van der Waals surface area contributed by atoms with E-state index in [0.717, 1.165) is 38.7 Å². The van der Waals surface area contributed by atoms with Gasteiger partial charge in [0.2, 0.25) is 0 Å². The molecule has 1 saturated heterocycles. The maximum atomic E-state index is 5.07. The van der Waals surface area contributed by atoms with Crippen LogP contribution < -0.4 is 10.2 Å². The van der Waals surface area contributed by atoms with Crippen molar-refractivity contribution in [2.45, 2.75) is 39.7 Å². The Morgan fingerprint density at radius 2 is 2.30 bits per heavy atom. The van der Waals surface area contributed by atoms with Crippen molar-refractivity contribution in [2.75, 3.05) is 38.3 Å². The lowest BCUT2D eigenvalue weighted by Crippen LogP contribution is -2.18. The van der Waals surface area contributed by atoms with Crippen LogP contribution in [-0.4, -0.2) is 38.3 Å². The molecular weight excluding hydrogens is 270 g/mol. The van der Waals surface area contributed by atoms with Gasteiger partial charge in [0.25, 0.3) is 0 Å². The lowest BCUT2D eigenvalue weighted by Gasteiger charge is -2.13. The number of nitrogens with one attached hydrogen (secondary N) is 1. The SMILES string of the molecule is COCCNCc1sc(N2CCC(C)C2)nc1C(C)C. The molecule has 1 fully saturated rings. The molecule has 2 rings (SSSR count). The Labute approximate surface area is 126 Å². The zero-order valence-electron chi connectivity index (χ0n) is 13.1. The van der Waals surface area contributed by atoms with Crippen LogP contribution in [0, 0.1) is 5.92 Å². The minimum Gasteiger partial charge on any atom is -0.383 e. The van der Waals surface area contributed by atoms with Gasteiger partial charge >= 0.3 is 0 Å². The van der Waals surface area contributed by atoms with E-state index in [2.05, 4.69) is 31.0 Å². The summed E-state index contributed by atoms with van der Waals surface area (Å²) in [4.78, 5) is 8.72. The summed E-state index contributed by atoms with van der Waals surface area (Å²) in [5, 5.41) is 4.65. The molecular formula is C15H27N3OS. The van der Waals surface area contributed by atoms with E-state index < -0.39 is 0 Å². The molecule has 114 valence electrons. The van der Waals surface area contributed by atoms with Crippen molar-refractivity contribution >= 4 is 16.5 Å². The summed E-state index contributed by atoms with van der Waals surface area (Å²) in [6.45, 7) is 11.6. The first-order valence-electron chi connectivity index (χ1n) is 7.56. The van der Waals surface area contributed by atoms with Crippen molar-refractivity contribution in [3.63, 3.8) is 0 Å². The molecule has 0 radical (unpaired) electrons. The number of nitrogens with zero attached hydrogens (tertiary/aromatic N) is 2. The smallest absolute Gasteiger partial charge is 0.185 e. The minimum atomic E-state index is 0.485. The van der Waals surface area contributed by atoms with Crippen LogP contribution in [0.4, 0.5) is 5.13 Å². The second-order valence-electron chi connectivity index (χ2n) is 5.97. The van der Waals surface area contributed by atoms with E-state index in [9.17, 15) is 0 Å². The average Bonchev–Trinajstić information content (AvgIpc) is 3.01. The molecule has 20 heavy (non-hydrogen) atoms. The van der Waals surface area contributed by atoms with Crippen molar-refractivity contribution in [1.82, 2.24) is 10.3 Å². The molecule has 1 aromatic heterocycles. The highest BCUT2D eigenvalue weighted by atomic mass is 32.1. The molecule has 0 bridgehead atoms. The predicted octanol–water partition coefficient (Wildman–Crippen LogP) is 2.85. The zero-order valence-corrected chi connectivity index (χ0v) is 13.9. The molecule has 0 aromatic carbocycles. The molecule has 1 N–H and O–H groups in total. The van der Waals surface area contributed by atoms with E-state index >= 15 is 0 Å². The Morgan fingerprint density at radius 3 is 2.90 bits per heavy atom. The standard InChI is InChI=1S/C15H27N3OS/c1-11(2)14-13(9-16-6-8-19-4)20-15(17-14)18-7-5-12(3)10-18/h11-12,16H,5-10H2,1-4H3. The van der Waals surface area contributed by atoms with Crippen LogP contribution in [0.3, 0.4) is 0 Å². The number of hydrogen-bond acceptors (Lipinski definition) is 5. The van der Waals surface area contributed by atoms with Crippen LogP contribution in [0.2, 0.25) is 0 Å². The second kappa shape index (κ2) is 7.38. The Hall–Kier alpha value is -0.650. The van der Waals surface area contributed by atoms with Gasteiger partial charge in [-0.1, -0.05) is 20.8 Å². The van der Waals surface area contributed by atoms with E-state index in [-0.39, 0.29) is 0 Å². The molecule has 5 heteroatoms. The molecule has 0 amide bonds. The molecule has 1 aromatic rings. The lowest BCUT2D eigenvalue weighted by atomic mass is 10.1. The van der Waals surface area contributed by atoms with Gasteiger partial charge in [-0.25, -0.2) is 4.98 Å². The summed E-state index contributed by atoms with van der Waals surface area (Å²) in [7, 11) is 1.74. The van der Waals surface area contributed by atoms with E-state index in [0.29, 0.717) is 5.92 Å². The topological polar surface area (TPSA) is 37.4 Å². The van der Waals surface area contributed by atoms with Crippen LogP contribution in [0.25, 0.3) is 0 Å². The summed E-state index contributed by atoms with van der Waals surface area (Å²) < 4.78 is 5.07. The van der Waals surface area contributed by atoms with Crippen LogP contribution in [-0.2, 0) is 11.3 Å². The third-order valence-corrected chi connectivity index (χ3v) is 4.86. The number of thiazole rings is 1.